The SMILES string of the molecule is CCC1Oc2cc(C[I+]C3Nc4sc(C)cc4O3)sc2S1. The molecule has 2 aliphatic rings. The van der Waals surface area contributed by atoms with Gasteiger partial charge in [-0.1, -0.05) is 18.7 Å². The summed E-state index contributed by atoms with van der Waals surface area (Å²) >= 11 is 5.49. The van der Waals surface area contributed by atoms with Crippen LogP contribution in [0.5, 0.6) is 11.5 Å². The van der Waals surface area contributed by atoms with E-state index in [0.29, 0.717) is 5.44 Å². The maximum atomic E-state index is 5.98. The Morgan fingerprint density at radius 3 is 2.90 bits per heavy atom. The molecule has 2 aliphatic heterocycles. The Hall–Kier alpha value is -0.120. The highest BCUT2D eigenvalue weighted by Gasteiger charge is 2.35. The molecule has 2 atom stereocenters. The monoisotopic (exact) mass is 452 g/mol. The lowest BCUT2D eigenvalue weighted by Gasteiger charge is -2.04. The molecule has 3 nitrogen and oxygen atoms in total. The van der Waals surface area contributed by atoms with Crippen LogP contribution in [0.4, 0.5) is 5.00 Å². The van der Waals surface area contributed by atoms with Crippen LogP contribution in [0, 0.1) is 6.92 Å². The van der Waals surface area contributed by atoms with Gasteiger partial charge in [0, 0.05) is 4.88 Å². The van der Waals surface area contributed by atoms with Crippen LogP contribution in [0.1, 0.15) is 23.1 Å². The number of hydrogen-bond acceptors (Lipinski definition) is 6. The lowest BCUT2D eigenvalue weighted by atomic mass is 10.5. The summed E-state index contributed by atoms with van der Waals surface area (Å²) in [4.78, 5) is 2.74. The lowest BCUT2D eigenvalue weighted by Crippen LogP contribution is -3.66. The standard InChI is InChI=1S/C14H15INO2S3/c1-3-11-17-10-5-8(20-13(10)21-11)6-15-14-16-12-9(18-14)4-7(2)19-12/h4-5,11,14,16H,3,6H2,1-2H3/q+1. The van der Waals surface area contributed by atoms with E-state index in [1.807, 2.05) is 23.1 Å². The highest BCUT2D eigenvalue weighted by molar-refractivity contribution is 8.02. The lowest BCUT2D eigenvalue weighted by molar-refractivity contribution is -0.724. The Morgan fingerprint density at radius 2 is 2.14 bits per heavy atom. The molecule has 0 spiro atoms. The summed E-state index contributed by atoms with van der Waals surface area (Å²) in [6, 6.07) is 4.36. The molecule has 4 rings (SSSR count). The van der Waals surface area contributed by atoms with Crippen molar-refractivity contribution in [3.63, 3.8) is 0 Å². The number of hydrogen-bond donors (Lipinski definition) is 1. The first-order valence-corrected chi connectivity index (χ1v) is 12.1. The van der Waals surface area contributed by atoms with Crippen molar-refractivity contribution in [2.45, 2.75) is 38.6 Å². The van der Waals surface area contributed by atoms with E-state index in [9.17, 15) is 0 Å². The van der Waals surface area contributed by atoms with Crippen molar-refractivity contribution in [3.8, 4) is 11.5 Å². The van der Waals surface area contributed by atoms with Gasteiger partial charge in [-0.25, -0.2) is 0 Å². The van der Waals surface area contributed by atoms with Gasteiger partial charge in [-0.3, -0.25) is 5.32 Å². The zero-order valence-electron chi connectivity index (χ0n) is 11.6. The number of rotatable bonds is 4. The number of nitrogens with one attached hydrogen (secondary N) is 1. The van der Waals surface area contributed by atoms with Crippen LogP contribution in [-0.4, -0.2) is 9.67 Å². The highest BCUT2D eigenvalue weighted by atomic mass is 127. The van der Waals surface area contributed by atoms with Gasteiger partial charge in [-0.15, -0.1) is 22.7 Å². The van der Waals surface area contributed by atoms with E-state index in [-0.39, 0.29) is 25.4 Å². The molecule has 21 heavy (non-hydrogen) atoms. The molecule has 7 heteroatoms. The molecule has 0 saturated heterocycles. The summed E-state index contributed by atoms with van der Waals surface area (Å²) in [6.45, 7) is 4.29. The van der Waals surface area contributed by atoms with Crippen molar-refractivity contribution < 1.29 is 30.7 Å². The maximum absolute atomic E-state index is 5.98. The third-order valence-electron chi connectivity index (χ3n) is 3.19. The summed E-state index contributed by atoms with van der Waals surface area (Å²) in [5.41, 5.74) is 0.328. The van der Waals surface area contributed by atoms with Crippen molar-refractivity contribution in [1.29, 1.82) is 0 Å². The van der Waals surface area contributed by atoms with Crippen molar-refractivity contribution >= 4 is 39.4 Å². The highest BCUT2D eigenvalue weighted by Crippen LogP contribution is 2.47. The molecule has 0 aliphatic carbocycles. The molecule has 2 aromatic rings. The first kappa shape index (κ1) is 14.5. The second-order valence-electron chi connectivity index (χ2n) is 4.85. The molecule has 0 fully saturated rings. The van der Waals surface area contributed by atoms with E-state index in [2.05, 4.69) is 31.3 Å². The number of halogens is 1. The van der Waals surface area contributed by atoms with Gasteiger partial charge in [0.25, 0.3) is 0 Å². The van der Waals surface area contributed by atoms with Gasteiger partial charge in [-0.05, 0) is 25.5 Å². The van der Waals surface area contributed by atoms with Crippen molar-refractivity contribution in [2.24, 2.45) is 0 Å². The van der Waals surface area contributed by atoms with Gasteiger partial charge < -0.3 is 9.47 Å². The molecule has 1 N–H and O–H groups in total. The maximum Gasteiger partial charge on any atom is 0.370 e. The number of ether oxygens (including phenoxy) is 2. The van der Waals surface area contributed by atoms with E-state index in [1.54, 1.807) is 11.3 Å². The Morgan fingerprint density at radius 1 is 1.24 bits per heavy atom. The molecule has 0 saturated carbocycles. The zero-order valence-corrected chi connectivity index (χ0v) is 16.2. The van der Waals surface area contributed by atoms with Crippen LogP contribution >= 0.6 is 34.4 Å². The van der Waals surface area contributed by atoms with Gasteiger partial charge in [0.1, 0.15) is 20.4 Å². The average molecular weight is 452 g/mol. The molecule has 0 bridgehead atoms. The van der Waals surface area contributed by atoms with Crippen LogP contribution in [0.25, 0.3) is 0 Å². The molecular formula is C14H15INO2S3+. The normalized spacial score (nSPS) is 22.4. The fraction of sp³-hybridized carbons (Fsp3) is 0.429. The Kier molecular flexibility index (Phi) is 4.01. The minimum absolute atomic E-state index is 0.0662. The molecule has 0 radical (unpaired) electrons. The fourth-order valence-corrected chi connectivity index (χ4v) is 8.51. The number of fused-ring (bicyclic) bond motifs is 2. The molecular weight excluding hydrogens is 437 g/mol. The van der Waals surface area contributed by atoms with Gasteiger partial charge in [0.2, 0.25) is 0 Å². The Bertz CT molecular complexity index is 622. The predicted octanol–water partition coefficient (Wildman–Crippen LogP) is 1.72. The molecule has 0 amide bonds. The first-order chi connectivity index (χ1) is 10.2. The van der Waals surface area contributed by atoms with Crippen molar-refractivity contribution in [1.82, 2.24) is 0 Å². The molecule has 2 aromatic heterocycles. The van der Waals surface area contributed by atoms with Gasteiger partial charge >= 0.3 is 25.4 Å². The van der Waals surface area contributed by atoms with Crippen LogP contribution < -0.4 is 36.0 Å². The summed E-state index contributed by atoms with van der Waals surface area (Å²) in [5.74, 6) is 2.14. The summed E-state index contributed by atoms with van der Waals surface area (Å²) in [7, 11) is 0. The largest absolute Gasteiger partial charge is 0.477 e. The molecule has 4 heterocycles. The second-order valence-corrected chi connectivity index (χ2v) is 11.5. The molecule has 0 aromatic carbocycles. The van der Waals surface area contributed by atoms with Crippen LogP contribution in [0.15, 0.2) is 16.3 Å². The van der Waals surface area contributed by atoms with Crippen molar-refractivity contribution in [2.75, 3.05) is 5.32 Å². The van der Waals surface area contributed by atoms with Gasteiger partial charge in [0.15, 0.2) is 10.2 Å². The topological polar surface area (TPSA) is 30.5 Å². The number of thioether (sulfide) groups is 1. The van der Waals surface area contributed by atoms with E-state index in [0.717, 1.165) is 22.3 Å². The first-order valence-electron chi connectivity index (χ1n) is 6.78. The fourth-order valence-electron chi connectivity index (χ4n) is 2.23. The predicted molar refractivity (Wildman–Crippen MR) is 85.7 cm³/mol. The quantitative estimate of drug-likeness (QED) is 0.435. The van der Waals surface area contributed by atoms with Crippen LogP contribution in [0.2, 0.25) is 0 Å². The number of thiophene rings is 2. The smallest absolute Gasteiger partial charge is 0.370 e. The number of alkyl halides is 2. The van der Waals surface area contributed by atoms with Crippen LogP contribution in [0.3, 0.4) is 0 Å². The Balaban J connectivity index is 1.34. The summed E-state index contributed by atoms with van der Waals surface area (Å²) < 4.78 is 14.6. The van der Waals surface area contributed by atoms with Crippen molar-refractivity contribution in [3.05, 3.63) is 21.9 Å². The van der Waals surface area contributed by atoms with E-state index in [4.69, 9.17) is 9.47 Å². The third-order valence-corrected chi connectivity index (χ3v) is 9.86. The van der Waals surface area contributed by atoms with Gasteiger partial charge in [-0.2, -0.15) is 0 Å². The molecule has 112 valence electrons. The van der Waals surface area contributed by atoms with Gasteiger partial charge in [0.05, 0.1) is 4.88 Å². The minimum Gasteiger partial charge on any atom is -0.477 e. The number of aryl methyl sites for hydroxylation is 1. The minimum atomic E-state index is -0.0662. The second kappa shape index (κ2) is 5.82. The summed E-state index contributed by atoms with van der Waals surface area (Å²) in [5, 5.41) is 4.71. The van der Waals surface area contributed by atoms with E-state index in [1.165, 1.54) is 19.0 Å². The Labute approximate surface area is 146 Å². The molecule has 2 unspecified atom stereocenters. The zero-order chi connectivity index (χ0) is 14.4. The van der Waals surface area contributed by atoms with E-state index >= 15 is 0 Å². The summed E-state index contributed by atoms with van der Waals surface area (Å²) in [6.07, 6.45) is 1.07. The number of anilines is 1. The van der Waals surface area contributed by atoms with E-state index < -0.39 is 0 Å². The average Bonchev–Trinajstić information content (AvgIpc) is 3.13. The third kappa shape index (κ3) is 2.89. The van der Waals surface area contributed by atoms with Crippen LogP contribution in [-0.2, 0) is 4.43 Å².